The summed E-state index contributed by atoms with van der Waals surface area (Å²) in [5.41, 5.74) is 0.889. The van der Waals surface area contributed by atoms with Gasteiger partial charge in [0.15, 0.2) is 0 Å². The van der Waals surface area contributed by atoms with Crippen molar-refractivity contribution in [3.63, 3.8) is 0 Å². The number of carbonyl (C=O) groups excluding carboxylic acids is 1. The highest BCUT2D eigenvalue weighted by molar-refractivity contribution is 5.76. The first kappa shape index (κ1) is 17.7. The molecule has 0 aliphatic heterocycles. The zero-order valence-electron chi connectivity index (χ0n) is 14.3. The molecule has 0 unspecified atom stereocenters. The van der Waals surface area contributed by atoms with Gasteiger partial charge in [-0.05, 0) is 22.4 Å². The minimum atomic E-state index is -0.567. The van der Waals surface area contributed by atoms with E-state index in [2.05, 4.69) is 24.1 Å². The van der Waals surface area contributed by atoms with E-state index in [0.717, 1.165) is 5.56 Å². The topological polar surface area (TPSA) is 90.1 Å². The smallest absolute Gasteiger partial charge is 0.358 e. The third kappa shape index (κ3) is 3.79. The van der Waals surface area contributed by atoms with Gasteiger partial charge in [-0.3, -0.25) is 9.36 Å². The molecule has 2 rings (SSSR count). The van der Waals surface area contributed by atoms with Gasteiger partial charge in [-0.1, -0.05) is 44.2 Å². The fourth-order valence-electron chi connectivity index (χ4n) is 2.48. The van der Waals surface area contributed by atoms with Crippen LogP contribution in [0.2, 0.25) is 0 Å². The quantitative estimate of drug-likeness (QED) is 0.651. The van der Waals surface area contributed by atoms with Crippen LogP contribution in [-0.2, 0) is 16.8 Å². The molecule has 1 aromatic carbocycles. The van der Waals surface area contributed by atoms with Crippen molar-refractivity contribution in [1.82, 2.24) is 14.9 Å². The number of nitrogens with one attached hydrogen (secondary N) is 1. The van der Waals surface area contributed by atoms with Crippen molar-refractivity contribution < 1.29 is 9.72 Å². The normalized spacial score (nSPS) is 12.7. The Labute approximate surface area is 140 Å². The van der Waals surface area contributed by atoms with Crippen LogP contribution in [0, 0.1) is 17.0 Å². The number of benzene rings is 1. The molecule has 0 fully saturated rings. The Bertz CT molecular complexity index is 738. The van der Waals surface area contributed by atoms with Crippen molar-refractivity contribution in [2.45, 2.75) is 45.7 Å². The summed E-state index contributed by atoms with van der Waals surface area (Å²) in [6, 6.07) is 9.86. The second-order valence-corrected chi connectivity index (χ2v) is 6.41. The van der Waals surface area contributed by atoms with E-state index in [1.807, 2.05) is 37.3 Å². The molecule has 0 bridgehead atoms. The lowest BCUT2D eigenvalue weighted by molar-refractivity contribution is -0.389. The van der Waals surface area contributed by atoms with Gasteiger partial charge < -0.3 is 15.4 Å². The van der Waals surface area contributed by atoms with E-state index in [1.165, 1.54) is 10.8 Å². The molecule has 128 valence electrons. The van der Waals surface area contributed by atoms with Gasteiger partial charge in [0.25, 0.3) is 0 Å². The van der Waals surface area contributed by atoms with Crippen LogP contribution < -0.4 is 5.32 Å². The Morgan fingerprint density at radius 2 is 2.00 bits per heavy atom. The first-order valence-corrected chi connectivity index (χ1v) is 7.75. The maximum atomic E-state index is 12.3. The Balaban J connectivity index is 2.05. The Morgan fingerprint density at radius 3 is 2.54 bits per heavy atom. The molecule has 7 nitrogen and oxygen atoms in total. The summed E-state index contributed by atoms with van der Waals surface area (Å²) >= 11 is 0. The van der Waals surface area contributed by atoms with Gasteiger partial charge in [0.05, 0.1) is 0 Å². The number of aromatic nitrogens is 2. The van der Waals surface area contributed by atoms with Crippen molar-refractivity contribution in [1.29, 1.82) is 0 Å². The van der Waals surface area contributed by atoms with Crippen molar-refractivity contribution >= 4 is 11.7 Å². The van der Waals surface area contributed by atoms with Gasteiger partial charge >= 0.3 is 5.82 Å². The maximum Gasteiger partial charge on any atom is 0.381 e. The monoisotopic (exact) mass is 330 g/mol. The van der Waals surface area contributed by atoms with Crippen LogP contribution in [0.4, 0.5) is 5.82 Å². The maximum absolute atomic E-state index is 12.3. The standard InChI is InChI=1S/C17H22N4O3/c1-12(17(3,4)14-8-6-5-7-9-14)18-16(22)11-20-10-15(21(23)24)19-13(20)2/h5-10,12H,11H2,1-4H3,(H,18,22)/t12-/m1/s1. The van der Waals surface area contributed by atoms with Gasteiger partial charge in [-0.2, -0.15) is 0 Å². The van der Waals surface area contributed by atoms with Crippen LogP contribution in [0.3, 0.4) is 0 Å². The first-order chi connectivity index (χ1) is 11.2. The molecule has 1 heterocycles. The summed E-state index contributed by atoms with van der Waals surface area (Å²) in [5.74, 6) is -0.0216. The largest absolute Gasteiger partial charge is 0.381 e. The van der Waals surface area contributed by atoms with E-state index in [4.69, 9.17) is 0 Å². The van der Waals surface area contributed by atoms with Gasteiger partial charge in [0.1, 0.15) is 12.7 Å². The highest BCUT2D eigenvalue weighted by Gasteiger charge is 2.29. The zero-order valence-corrected chi connectivity index (χ0v) is 14.3. The molecule has 0 saturated heterocycles. The lowest BCUT2D eigenvalue weighted by Gasteiger charge is -2.33. The van der Waals surface area contributed by atoms with E-state index in [9.17, 15) is 14.9 Å². The summed E-state index contributed by atoms with van der Waals surface area (Å²) in [7, 11) is 0. The number of nitrogens with zero attached hydrogens (tertiary/aromatic N) is 3. The van der Waals surface area contributed by atoms with Gasteiger partial charge in [-0.15, -0.1) is 0 Å². The predicted molar refractivity (Wildman–Crippen MR) is 90.7 cm³/mol. The van der Waals surface area contributed by atoms with Gasteiger partial charge in [0.2, 0.25) is 11.7 Å². The molecule has 0 aliphatic rings. The van der Waals surface area contributed by atoms with E-state index in [-0.39, 0.29) is 29.7 Å². The minimum Gasteiger partial charge on any atom is -0.358 e. The number of amides is 1. The van der Waals surface area contributed by atoms with Crippen molar-refractivity contribution in [2.75, 3.05) is 0 Å². The molecular formula is C17H22N4O3. The van der Waals surface area contributed by atoms with Crippen LogP contribution in [0.15, 0.2) is 36.5 Å². The molecule has 24 heavy (non-hydrogen) atoms. The number of imidazole rings is 1. The second kappa shape index (κ2) is 6.82. The molecule has 2 aromatic rings. The van der Waals surface area contributed by atoms with Crippen LogP contribution in [0.25, 0.3) is 0 Å². The number of rotatable bonds is 6. The molecule has 1 amide bonds. The predicted octanol–water partition coefficient (Wildman–Crippen LogP) is 2.58. The van der Waals surface area contributed by atoms with E-state index < -0.39 is 4.92 Å². The van der Waals surface area contributed by atoms with Crippen LogP contribution >= 0.6 is 0 Å². The molecule has 0 spiro atoms. The Hall–Kier alpha value is -2.70. The lowest BCUT2D eigenvalue weighted by atomic mass is 9.78. The van der Waals surface area contributed by atoms with Gasteiger partial charge in [0, 0.05) is 18.4 Å². The second-order valence-electron chi connectivity index (χ2n) is 6.41. The van der Waals surface area contributed by atoms with Crippen molar-refractivity contribution in [3.8, 4) is 0 Å². The van der Waals surface area contributed by atoms with Gasteiger partial charge in [-0.25, -0.2) is 0 Å². The molecule has 0 saturated carbocycles. The average molecular weight is 330 g/mol. The average Bonchev–Trinajstić information content (AvgIpc) is 2.89. The summed E-state index contributed by atoms with van der Waals surface area (Å²) in [4.78, 5) is 26.3. The fraction of sp³-hybridized carbons (Fsp3) is 0.412. The minimum absolute atomic E-state index is 0.00187. The summed E-state index contributed by atoms with van der Waals surface area (Å²) < 4.78 is 1.48. The number of aryl methyl sites for hydroxylation is 1. The molecule has 1 atom stereocenters. The number of nitro groups is 1. The molecular weight excluding hydrogens is 308 g/mol. The number of hydrogen-bond donors (Lipinski definition) is 1. The summed E-state index contributed by atoms with van der Waals surface area (Å²) in [6.45, 7) is 7.73. The fourth-order valence-corrected chi connectivity index (χ4v) is 2.48. The molecule has 0 aliphatic carbocycles. The summed E-state index contributed by atoms with van der Waals surface area (Å²) in [5, 5.41) is 13.7. The van der Waals surface area contributed by atoms with Crippen molar-refractivity contribution in [2.24, 2.45) is 0 Å². The lowest BCUT2D eigenvalue weighted by Crippen LogP contribution is -2.46. The van der Waals surface area contributed by atoms with Crippen LogP contribution in [-0.4, -0.2) is 26.4 Å². The molecule has 1 N–H and O–H groups in total. The highest BCUT2D eigenvalue weighted by Crippen LogP contribution is 2.26. The van der Waals surface area contributed by atoms with E-state index in [1.54, 1.807) is 6.92 Å². The SMILES string of the molecule is Cc1nc([N+](=O)[O-])cn1CC(=O)N[C@H](C)C(C)(C)c1ccccc1. The Kier molecular flexibility index (Phi) is 5.02. The third-order valence-corrected chi connectivity index (χ3v) is 4.44. The Morgan fingerprint density at radius 1 is 1.38 bits per heavy atom. The van der Waals surface area contributed by atoms with Crippen LogP contribution in [0.1, 0.15) is 32.2 Å². The van der Waals surface area contributed by atoms with E-state index in [0.29, 0.717) is 5.82 Å². The van der Waals surface area contributed by atoms with E-state index >= 15 is 0 Å². The number of carbonyl (C=O) groups is 1. The summed E-state index contributed by atoms with van der Waals surface area (Å²) in [6.07, 6.45) is 1.28. The zero-order chi connectivity index (χ0) is 17.9. The molecule has 1 aromatic heterocycles. The molecule has 0 radical (unpaired) electrons. The third-order valence-electron chi connectivity index (χ3n) is 4.44. The highest BCUT2D eigenvalue weighted by atomic mass is 16.6. The first-order valence-electron chi connectivity index (χ1n) is 7.75. The molecule has 7 heteroatoms. The van der Waals surface area contributed by atoms with Crippen molar-refractivity contribution in [3.05, 3.63) is 58.0 Å². The number of hydrogen-bond acceptors (Lipinski definition) is 4. The van der Waals surface area contributed by atoms with Crippen LogP contribution in [0.5, 0.6) is 0 Å².